The van der Waals surface area contributed by atoms with Gasteiger partial charge in [-0.2, -0.15) is 5.26 Å². The van der Waals surface area contributed by atoms with Gasteiger partial charge in [-0.05, 0) is 18.2 Å². The summed E-state index contributed by atoms with van der Waals surface area (Å²) in [6.45, 7) is 0. The number of nitrogen functional groups attached to an aromatic ring is 1. The highest BCUT2D eigenvalue weighted by Gasteiger charge is 2.05. The first-order valence-corrected chi connectivity index (χ1v) is 4.58. The van der Waals surface area contributed by atoms with Crippen molar-refractivity contribution in [1.82, 2.24) is 0 Å². The van der Waals surface area contributed by atoms with Crippen LogP contribution in [-0.2, 0) is 0 Å². The van der Waals surface area contributed by atoms with Gasteiger partial charge in [0.2, 0.25) is 0 Å². The lowest BCUT2D eigenvalue weighted by molar-refractivity contribution is 1.47. The van der Waals surface area contributed by atoms with Gasteiger partial charge in [0.25, 0.3) is 0 Å². The fourth-order valence-corrected chi connectivity index (χ4v) is 1.50. The van der Waals surface area contributed by atoms with E-state index in [4.69, 9.17) is 11.0 Å². The molecule has 1 radical (unpaired) electrons. The number of hydrogen-bond acceptors (Lipinski definition) is 2. The van der Waals surface area contributed by atoms with Crippen LogP contribution in [0, 0.1) is 17.4 Å². The molecular formula is C13H9N2. The fourth-order valence-electron chi connectivity index (χ4n) is 1.50. The van der Waals surface area contributed by atoms with E-state index >= 15 is 0 Å². The molecule has 71 valence electrons. The second kappa shape index (κ2) is 3.85. The SMILES string of the molecule is N#Cc1c[c]ccc1-c1ccccc1N. The molecule has 0 aliphatic rings. The van der Waals surface area contributed by atoms with Crippen LogP contribution in [-0.4, -0.2) is 0 Å². The quantitative estimate of drug-likeness (QED) is 0.708. The van der Waals surface area contributed by atoms with Crippen LogP contribution in [0.5, 0.6) is 0 Å². The van der Waals surface area contributed by atoms with Crippen LogP contribution in [0.2, 0.25) is 0 Å². The normalized spacial score (nSPS) is 9.53. The van der Waals surface area contributed by atoms with Crippen molar-refractivity contribution in [3.8, 4) is 17.2 Å². The molecule has 0 saturated carbocycles. The Kier molecular flexibility index (Phi) is 2.38. The molecule has 0 bridgehead atoms. The highest BCUT2D eigenvalue weighted by atomic mass is 14.6. The summed E-state index contributed by atoms with van der Waals surface area (Å²) in [6, 6.07) is 17.8. The standard InChI is InChI=1S/C13H9N2/c14-9-10-5-1-2-6-11(10)12-7-3-4-8-13(12)15/h2-8H,15H2. The number of benzene rings is 2. The van der Waals surface area contributed by atoms with E-state index in [-0.39, 0.29) is 0 Å². The maximum atomic E-state index is 8.96. The summed E-state index contributed by atoms with van der Waals surface area (Å²) in [6.07, 6.45) is 0. The Morgan fingerprint density at radius 2 is 1.93 bits per heavy atom. The van der Waals surface area contributed by atoms with E-state index in [2.05, 4.69) is 12.1 Å². The van der Waals surface area contributed by atoms with Gasteiger partial charge in [-0.15, -0.1) is 0 Å². The van der Waals surface area contributed by atoms with Crippen molar-refractivity contribution in [3.63, 3.8) is 0 Å². The van der Waals surface area contributed by atoms with E-state index in [1.165, 1.54) is 0 Å². The van der Waals surface area contributed by atoms with E-state index < -0.39 is 0 Å². The van der Waals surface area contributed by atoms with Crippen molar-refractivity contribution in [2.75, 3.05) is 5.73 Å². The lowest BCUT2D eigenvalue weighted by Crippen LogP contribution is -1.91. The van der Waals surface area contributed by atoms with Crippen molar-refractivity contribution >= 4 is 5.69 Å². The first kappa shape index (κ1) is 9.29. The molecule has 2 nitrogen and oxygen atoms in total. The molecule has 2 aromatic rings. The Morgan fingerprint density at radius 3 is 2.67 bits per heavy atom. The minimum Gasteiger partial charge on any atom is -0.398 e. The van der Waals surface area contributed by atoms with E-state index in [1.807, 2.05) is 30.3 Å². The number of nitrogens with zero attached hydrogens (tertiary/aromatic N) is 1. The Labute approximate surface area is 88.6 Å². The molecule has 0 heterocycles. The van der Waals surface area contributed by atoms with Crippen molar-refractivity contribution in [2.45, 2.75) is 0 Å². The van der Waals surface area contributed by atoms with Gasteiger partial charge in [0.15, 0.2) is 0 Å². The molecule has 0 aromatic heterocycles. The van der Waals surface area contributed by atoms with E-state index in [0.717, 1.165) is 11.1 Å². The van der Waals surface area contributed by atoms with Crippen molar-refractivity contribution in [2.24, 2.45) is 0 Å². The summed E-state index contributed by atoms with van der Waals surface area (Å²) in [5, 5.41) is 8.96. The number of para-hydroxylation sites is 1. The minimum atomic E-state index is 0.593. The summed E-state index contributed by atoms with van der Waals surface area (Å²) >= 11 is 0. The Morgan fingerprint density at radius 1 is 1.13 bits per heavy atom. The monoisotopic (exact) mass is 193 g/mol. The lowest BCUT2D eigenvalue weighted by Gasteiger charge is -2.06. The maximum Gasteiger partial charge on any atom is 0.0998 e. The predicted molar refractivity (Wildman–Crippen MR) is 59.8 cm³/mol. The molecule has 2 heteroatoms. The average Bonchev–Trinajstić information content (AvgIpc) is 2.30. The van der Waals surface area contributed by atoms with Crippen LogP contribution >= 0.6 is 0 Å². The van der Waals surface area contributed by atoms with Crippen LogP contribution in [0.1, 0.15) is 5.56 Å². The molecule has 0 aliphatic carbocycles. The molecule has 0 aliphatic heterocycles. The number of nitrogens with two attached hydrogens (primary N) is 1. The van der Waals surface area contributed by atoms with Crippen LogP contribution in [0.25, 0.3) is 11.1 Å². The largest absolute Gasteiger partial charge is 0.398 e. The molecule has 0 atom stereocenters. The van der Waals surface area contributed by atoms with Gasteiger partial charge < -0.3 is 5.73 Å². The van der Waals surface area contributed by atoms with Gasteiger partial charge >= 0.3 is 0 Å². The van der Waals surface area contributed by atoms with Gasteiger partial charge in [-0.25, -0.2) is 0 Å². The number of anilines is 1. The minimum absolute atomic E-state index is 0.593. The van der Waals surface area contributed by atoms with E-state index in [0.29, 0.717) is 11.3 Å². The highest BCUT2D eigenvalue weighted by molar-refractivity contribution is 5.79. The van der Waals surface area contributed by atoms with Gasteiger partial charge in [0.05, 0.1) is 11.6 Å². The van der Waals surface area contributed by atoms with Crippen molar-refractivity contribution < 1.29 is 0 Å². The number of hydrogen-bond donors (Lipinski definition) is 1. The summed E-state index contributed by atoms with van der Waals surface area (Å²) in [5.41, 5.74) is 8.88. The summed E-state index contributed by atoms with van der Waals surface area (Å²) < 4.78 is 0. The molecule has 2 rings (SSSR count). The Balaban J connectivity index is 2.65. The van der Waals surface area contributed by atoms with E-state index in [1.54, 1.807) is 12.1 Å². The third-order valence-electron chi connectivity index (χ3n) is 2.24. The zero-order chi connectivity index (χ0) is 10.7. The van der Waals surface area contributed by atoms with Crippen molar-refractivity contribution in [3.05, 3.63) is 54.1 Å². The van der Waals surface area contributed by atoms with Crippen LogP contribution in [0.3, 0.4) is 0 Å². The third kappa shape index (κ3) is 1.68. The smallest absolute Gasteiger partial charge is 0.0998 e. The molecular weight excluding hydrogens is 184 g/mol. The zero-order valence-corrected chi connectivity index (χ0v) is 8.07. The fraction of sp³-hybridized carbons (Fsp3) is 0. The second-order valence-corrected chi connectivity index (χ2v) is 3.17. The number of nitriles is 1. The van der Waals surface area contributed by atoms with Gasteiger partial charge in [-0.1, -0.05) is 30.3 Å². The summed E-state index contributed by atoms with van der Waals surface area (Å²) in [5.74, 6) is 0. The maximum absolute atomic E-state index is 8.96. The number of rotatable bonds is 1. The topological polar surface area (TPSA) is 49.8 Å². The van der Waals surface area contributed by atoms with E-state index in [9.17, 15) is 0 Å². The second-order valence-electron chi connectivity index (χ2n) is 3.17. The predicted octanol–water partition coefficient (Wildman–Crippen LogP) is 2.61. The molecule has 2 N–H and O–H groups in total. The van der Waals surface area contributed by atoms with Gasteiger partial charge in [-0.3, -0.25) is 0 Å². The molecule has 0 amide bonds. The highest BCUT2D eigenvalue weighted by Crippen LogP contribution is 2.27. The average molecular weight is 193 g/mol. The lowest BCUT2D eigenvalue weighted by atomic mass is 9.99. The zero-order valence-electron chi connectivity index (χ0n) is 8.07. The van der Waals surface area contributed by atoms with Gasteiger partial charge in [0.1, 0.15) is 0 Å². The third-order valence-corrected chi connectivity index (χ3v) is 2.24. The first-order valence-electron chi connectivity index (χ1n) is 4.58. The molecule has 2 aromatic carbocycles. The summed E-state index contributed by atoms with van der Waals surface area (Å²) in [4.78, 5) is 0. The Hall–Kier alpha value is -2.27. The van der Waals surface area contributed by atoms with Crippen LogP contribution in [0.4, 0.5) is 5.69 Å². The molecule has 0 unspecified atom stereocenters. The van der Waals surface area contributed by atoms with Crippen molar-refractivity contribution in [1.29, 1.82) is 5.26 Å². The molecule has 15 heavy (non-hydrogen) atoms. The Bertz CT molecular complexity index is 524. The molecule has 0 spiro atoms. The summed E-state index contributed by atoms with van der Waals surface area (Å²) in [7, 11) is 0. The van der Waals surface area contributed by atoms with Crippen LogP contribution < -0.4 is 5.73 Å². The van der Waals surface area contributed by atoms with Gasteiger partial charge in [0, 0.05) is 16.8 Å². The molecule has 0 saturated heterocycles. The van der Waals surface area contributed by atoms with Crippen LogP contribution in [0.15, 0.2) is 42.5 Å². The first-order chi connectivity index (χ1) is 7.33. The molecule has 0 fully saturated rings.